The Morgan fingerprint density at radius 1 is 1.25 bits per heavy atom. The van der Waals surface area contributed by atoms with Gasteiger partial charge in [0.1, 0.15) is 11.5 Å². The van der Waals surface area contributed by atoms with E-state index in [1.807, 2.05) is 24.9 Å². The van der Waals surface area contributed by atoms with Gasteiger partial charge in [0, 0.05) is 13.1 Å². The van der Waals surface area contributed by atoms with E-state index in [9.17, 15) is 18.0 Å². The van der Waals surface area contributed by atoms with Crippen LogP contribution in [0.3, 0.4) is 0 Å². The van der Waals surface area contributed by atoms with Crippen LogP contribution in [0.2, 0.25) is 0 Å². The molecule has 0 saturated heterocycles. The average Bonchev–Trinajstić information content (AvgIpc) is 3.15. The Kier molecular flexibility index (Phi) is 5.49. The van der Waals surface area contributed by atoms with Crippen LogP contribution in [0, 0.1) is 13.8 Å². The molecule has 3 heterocycles. The van der Waals surface area contributed by atoms with Crippen molar-refractivity contribution in [2.24, 2.45) is 0 Å². The summed E-state index contributed by atoms with van der Waals surface area (Å²) >= 11 is 0. The normalized spacial score (nSPS) is 13.7. The molecule has 168 valence electrons. The number of nitrogens with one attached hydrogen (secondary N) is 2. The summed E-state index contributed by atoms with van der Waals surface area (Å²) in [7, 11) is 1.84. The van der Waals surface area contributed by atoms with Crippen LogP contribution < -0.4 is 15.5 Å². The van der Waals surface area contributed by atoms with Gasteiger partial charge in [-0.2, -0.15) is 13.2 Å². The lowest BCUT2D eigenvalue weighted by molar-refractivity contribution is -0.138. The fraction of sp³-hybridized carbons (Fsp3) is 0.333. The molecular formula is C21H22F3N7O. The van der Waals surface area contributed by atoms with E-state index in [0.717, 1.165) is 11.8 Å². The predicted molar refractivity (Wildman–Crippen MR) is 114 cm³/mol. The second-order valence-electron chi connectivity index (χ2n) is 7.74. The first-order valence-corrected chi connectivity index (χ1v) is 9.93. The number of hydrogen-bond acceptors (Lipinski definition) is 6. The van der Waals surface area contributed by atoms with Crippen molar-refractivity contribution in [3.8, 4) is 0 Å². The second kappa shape index (κ2) is 8.13. The smallest absolute Gasteiger partial charge is 0.364 e. The van der Waals surface area contributed by atoms with Crippen LogP contribution in [-0.4, -0.2) is 39.5 Å². The fourth-order valence-electron chi connectivity index (χ4n) is 3.70. The van der Waals surface area contributed by atoms with E-state index in [2.05, 4.69) is 25.9 Å². The van der Waals surface area contributed by atoms with E-state index < -0.39 is 11.7 Å². The minimum atomic E-state index is -4.39. The number of amides is 1. The van der Waals surface area contributed by atoms with Crippen molar-refractivity contribution >= 4 is 23.1 Å². The third-order valence-corrected chi connectivity index (χ3v) is 5.36. The SMILES string of the molecule is Cc1nc(NCc2cn(Cc3cccc(C(F)(F)F)c3C)nn2)cc2c1NC(=O)CN2C. The Hall–Kier alpha value is -3.63. The van der Waals surface area contributed by atoms with Gasteiger partial charge in [-0.05, 0) is 31.0 Å². The van der Waals surface area contributed by atoms with Crippen LogP contribution >= 0.6 is 0 Å². The number of likely N-dealkylation sites (N-methyl/N-ethyl adjacent to an activating group) is 1. The maximum absolute atomic E-state index is 13.1. The van der Waals surface area contributed by atoms with Gasteiger partial charge in [-0.15, -0.1) is 5.10 Å². The molecule has 2 N–H and O–H groups in total. The van der Waals surface area contributed by atoms with Gasteiger partial charge >= 0.3 is 6.18 Å². The van der Waals surface area contributed by atoms with E-state index >= 15 is 0 Å². The van der Waals surface area contributed by atoms with Gasteiger partial charge < -0.3 is 15.5 Å². The molecule has 32 heavy (non-hydrogen) atoms. The zero-order valence-corrected chi connectivity index (χ0v) is 17.8. The summed E-state index contributed by atoms with van der Waals surface area (Å²) in [5.74, 6) is 0.533. The molecule has 0 radical (unpaired) electrons. The maximum Gasteiger partial charge on any atom is 0.416 e. The highest BCUT2D eigenvalue weighted by atomic mass is 19.4. The molecule has 1 aromatic carbocycles. The van der Waals surface area contributed by atoms with Gasteiger partial charge in [-0.3, -0.25) is 4.79 Å². The Balaban J connectivity index is 1.46. The highest BCUT2D eigenvalue weighted by Gasteiger charge is 2.32. The largest absolute Gasteiger partial charge is 0.416 e. The van der Waals surface area contributed by atoms with Gasteiger partial charge in [0.2, 0.25) is 5.91 Å². The number of halogens is 3. The lowest BCUT2D eigenvalue weighted by Crippen LogP contribution is -2.36. The van der Waals surface area contributed by atoms with E-state index in [1.54, 1.807) is 12.3 Å². The van der Waals surface area contributed by atoms with Crippen LogP contribution in [0.1, 0.15) is 28.1 Å². The first-order valence-electron chi connectivity index (χ1n) is 9.93. The minimum absolute atomic E-state index is 0.0850. The molecule has 0 fully saturated rings. The van der Waals surface area contributed by atoms with Gasteiger partial charge in [-0.1, -0.05) is 17.3 Å². The van der Waals surface area contributed by atoms with E-state index in [0.29, 0.717) is 35.0 Å². The van der Waals surface area contributed by atoms with Gasteiger partial charge in [-0.25, -0.2) is 9.67 Å². The number of anilines is 3. The van der Waals surface area contributed by atoms with Crippen molar-refractivity contribution in [3.05, 3.63) is 58.5 Å². The van der Waals surface area contributed by atoms with Crippen LogP contribution in [0.5, 0.6) is 0 Å². The number of fused-ring (bicyclic) bond motifs is 1. The Labute approximate surface area is 182 Å². The number of alkyl halides is 3. The molecule has 1 aliphatic rings. The number of carbonyl (C=O) groups is 1. The van der Waals surface area contributed by atoms with Crippen molar-refractivity contribution in [2.75, 3.05) is 29.1 Å². The molecule has 0 saturated carbocycles. The van der Waals surface area contributed by atoms with E-state index in [1.165, 1.54) is 17.7 Å². The van der Waals surface area contributed by atoms with Gasteiger partial charge in [0.05, 0.1) is 48.5 Å². The lowest BCUT2D eigenvalue weighted by Gasteiger charge is -2.28. The molecule has 3 aromatic rings. The molecular weight excluding hydrogens is 423 g/mol. The number of carbonyl (C=O) groups excluding carboxylic acids is 1. The molecule has 0 spiro atoms. The zero-order chi connectivity index (χ0) is 23.0. The van der Waals surface area contributed by atoms with Crippen molar-refractivity contribution in [2.45, 2.75) is 33.1 Å². The second-order valence-corrected chi connectivity index (χ2v) is 7.74. The first-order chi connectivity index (χ1) is 15.1. The summed E-state index contributed by atoms with van der Waals surface area (Å²) in [6, 6.07) is 5.97. The fourth-order valence-corrected chi connectivity index (χ4v) is 3.70. The first kappa shape index (κ1) is 21.6. The highest BCUT2D eigenvalue weighted by molar-refractivity contribution is 6.02. The van der Waals surface area contributed by atoms with E-state index in [4.69, 9.17) is 0 Å². The van der Waals surface area contributed by atoms with Crippen molar-refractivity contribution in [1.29, 1.82) is 0 Å². The summed E-state index contributed by atoms with van der Waals surface area (Å²) in [5, 5.41) is 14.2. The Morgan fingerprint density at radius 2 is 2.03 bits per heavy atom. The van der Waals surface area contributed by atoms with Crippen molar-refractivity contribution in [3.63, 3.8) is 0 Å². The van der Waals surface area contributed by atoms with Crippen molar-refractivity contribution in [1.82, 2.24) is 20.0 Å². The quantitative estimate of drug-likeness (QED) is 0.626. The molecule has 1 amide bonds. The molecule has 1 aliphatic heterocycles. The summed E-state index contributed by atoms with van der Waals surface area (Å²) in [6.45, 7) is 4.06. The Morgan fingerprint density at radius 3 is 2.78 bits per heavy atom. The summed E-state index contributed by atoms with van der Waals surface area (Å²) < 4.78 is 40.9. The van der Waals surface area contributed by atoms with Gasteiger partial charge in [0.15, 0.2) is 0 Å². The molecule has 0 bridgehead atoms. The van der Waals surface area contributed by atoms with E-state index in [-0.39, 0.29) is 24.6 Å². The van der Waals surface area contributed by atoms with Gasteiger partial charge in [0.25, 0.3) is 0 Å². The Bertz CT molecular complexity index is 1170. The molecule has 0 atom stereocenters. The molecule has 8 nitrogen and oxygen atoms in total. The number of aryl methyl sites for hydroxylation is 1. The number of aromatic nitrogens is 4. The number of hydrogen-bond donors (Lipinski definition) is 2. The standard InChI is InChI=1S/C21H22F3N7O/c1-12-14(5-4-6-16(12)21(22,23)24)9-31-10-15(28-29-31)8-25-18-7-17-20(13(2)26-18)27-19(32)11-30(17)3/h4-7,10H,8-9,11H2,1-3H3,(H,25,26)(H,27,32). The third kappa shape index (κ3) is 4.36. The number of nitrogens with zero attached hydrogens (tertiary/aromatic N) is 5. The summed E-state index contributed by atoms with van der Waals surface area (Å²) in [4.78, 5) is 18.1. The van der Waals surface area contributed by atoms with Crippen LogP contribution in [0.4, 0.5) is 30.4 Å². The van der Waals surface area contributed by atoms with Crippen LogP contribution in [0.25, 0.3) is 0 Å². The molecule has 0 aliphatic carbocycles. The van der Waals surface area contributed by atoms with Crippen molar-refractivity contribution < 1.29 is 18.0 Å². The van der Waals surface area contributed by atoms with Crippen LogP contribution in [-0.2, 0) is 24.1 Å². The summed E-state index contributed by atoms with van der Waals surface area (Å²) in [5.41, 5.74) is 2.93. The number of pyridine rings is 1. The monoisotopic (exact) mass is 445 g/mol. The zero-order valence-electron chi connectivity index (χ0n) is 17.8. The number of rotatable bonds is 5. The molecule has 2 aromatic heterocycles. The molecule has 4 rings (SSSR count). The summed E-state index contributed by atoms with van der Waals surface area (Å²) in [6.07, 6.45) is -2.71. The average molecular weight is 445 g/mol. The third-order valence-electron chi connectivity index (χ3n) is 5.36. The predicted octanol–water partition coefficient (Wildman–Crippen LogP) is 3.36. The number of benzene rings is 1. The molecule has 11 heteroatoms. The highest BCUT2D eigenvalue weighted by Crippen LogP contribution is 2.34. The lowest BCUT2D eigenvalue weighted by atomic mass is 10.0. The topological polar surface area (TPSA) is 88.0 Å². The van der Waals surface area contributed by atoms with Crippen LogP contribution in [0.15, 0.2) is 30.5 Å². The minimum Gasteiger partial charge on any atom is -0.364 e. The molecule has 0 unspecified atom stereocenters. The maximum atomic E-state index is 13.1.